The number of hydrogen-bond acceptors (Lipinski definition) is 6. The molecule has 42 heavy (non-hydrogen) atoms. The number of hydrogen-bond donors (Lipinski definition) is 3. The summed E-state index contributed by atoms with van der Waals surface area (Å²) < 4.78 is 22.3. The van der Waals surface area contributed by atoms with Gasteiger partial charge in [-0.2, -0.15) is 0 Å². The topological polar surface area (TPSA) is 105 Å². The molecule has 4 aromatic rings. The standard InChI is InChI=1S/C33H35FN4O4/c1-19-22(21-14-27(34)25(31(15-21)42-4)17-36-29-12-7-13-30(29)39)8-5-9-23(19)24-10-6-11-28(20(24)2)37-32(40)26-16-35-18-38(3)33(26)41/h5-6,8-11,14-16,18,29-30,36,39H,7,12-13,17H2,1-4H3,(H,37,40)/t29-,30-/m0/s1. The maximum atomic E-state index is 15.5. The Balaban J connectivity index is 1.45. The Labute approximate surface area is 244 Å². The average molecular weight is 571 g/mol. The molecule has 1 aliphatic rings. The first kappa shape index (κ1) is 29.2. The molecule has 9 heteroatoms. The minimum absolute atomic E-state index is 0.0444. The summed E-state index contributed by atoms with van der Waals surface area (Å²) in [5.41, 5.74) is 5.65. The molecule has 1 aromatic heterocycles. The Morgan fingerprint density at radius 3 is 2.52 bits per heavy atom. The lowest BCUT2D eigenvalue weighted by Crippen LogP contribution is -2.35. The maximum absolute atomic E-state index is 15.5. The Bertz CT molecular complexity index is 1700. The third kappa shape index (κ3) is 5.70. The maximum Gasteiger partial charge on any atom is 0.265 e. The van der Waals surface area contributed by atoms with Gasteiger partial charge in [-0.25, -0.2) is 9.37 Å². The largest absolute Gasteiger partial charge is 0.496 e. The normalized spacial score (nSPS) is 16.4. The predicted molar refractivity (Wildman–Crippen MR) is 161 cm³/mol. The van der Waals surface area contributed by atoms with Gasteiger partial charge in [0.15, 0.2) is 0 Å². The summed E-state index contributed by atoms with van der Waals surface area (Å²) in [5, 5.41) is 16.3. The second kappa shape index (κ2) is 12.3. The van der Waals surface area contributed by atoms with Crippen LogP contribution in [0.2, 0.25) is 0 Å². The van der Waals surface area contributed by atoms with E-state index in [0.29, 0.717) is 22.6 Å². The SMILES string of the molecule is COc1cc(-c2cccc(-c3cccc(NC(=O)c4cncn(C)c4=O)c3C)c2C)cc(F)c1CN[C@H]1CCC[C@@H]1O. The highest BCUT2D eigenvalue weighted by molar-refractivity contribution is 6.04. The molecule has 1 fully saturated rings. The number of benzene rings is 3. The van der Waals surface area contributed by atoms with Gasteiger partial charge in [-0.1, -0.05) is 30.3 Å². The number of aliphatic hydroxyl groups excluding tert-OH is 1. The number of methoxy groups -OCH3 is 1. The lowest BCUT2D eigenvalue weighted by atomic mass is 9.90. The molecule has 1 heterocycles. The van der Waals surface area contributed by atoms with Crippen molar-refractivity contribution >= 4 is 11.6 Å². The number of nitrogens with zero attached hydrogens (tertiary/aromatic N) is 2. The smallest absolute Gasteiger partial charge is 0.265 e. The van der Waals surface area contributed by atoms with E-state index in [2.05, 4.69) is 15.6 Å². The second-order valence-corrected chi connectivity index (χ2v) is 10.8. The Morgan fingerprint density at radius 1 is 1.10 bits per heavy atom. The molecule has 1 aliphatic carbocycles. The fourth-order valence-electron chi connectivity index (χ4n) is 5.69. The monoisotopic (exact) mass is 570 g/mol. The molecule has 0 saturated heterocycles. The number of nitrogens with one attached hydrogen (secondary N) is 2. The highest BCUT2D eigenvalue weighted by atomic mass is 19.1. The molecule has 0 aliphatic heterocycles. The molecule has 5 rings (SSSR count). The van der Waals surface area contributed by atoms with Crippen molar-refractivity contribution in [3.63, 3.8) is 0 Å². The second-order valence-electron chi connectivity index (χ2n) is 10.8. The predicted octanol–water partition coefficient (Wildman–Crippen LogP) is 5.13. The fraction of sp³-hybridized carbons (Fsp3) is 0.303. The number of amides is 1. The first-order valence-corrected chi connectivity index (χ1v) is 14.0. The van der Waals surface area contributed by atoms with Gasteiger partial charge in [-0.05, 0) is 84.7 Å². The summed E-state index contributed by atoms with van der Waals surface area (Å²) >= 11 is 0. The molecule has 1 saturated carbocycles. The highest BCUT2D eigenvalue weighted by Gasteiger charge is 2.25. The van der Waals surface area contributed by atoms with E-state index in [4.69, 9.17) is 4.74 Å². The molecule has 218 valence electrons. The number of carbonyl (C=O) groups excluding carboxylic acids is 1. The van der Waals surface area contributed by atoms with Crippen molar-refractivity contribution in [2.45, 2.75) is 51.8 Å². The quantitative estimate of drug-likeness (QED) is 0.271. The number of aryl methyl sites for hydroxylation is 1. The Hall–Kier alpha value is -4.34. The highest BCUT2D eigenvalue weighted by Crippen LogP contribution is 2.38. The van der Waals surface area contributed by atoms with E-state index in [1.807, 2.05) is 50.2 Å². The molecule has 2 atom stereocenters. The van der Waals surface area contributed by atoms with E-state index < -0.39 is 17.6 Å². The molecule has 0 radical (unpaired) electrons. The van der Waals surface area contributed by atoms with Gasteiger partial charge in [0.2, 0.25) is 0 Å². The molecule has 0 spiro atoms. The van der Waals surface area contributed by atoms with E-state index in [-0.39, 0.29) is 24.0 Å². The molecule has 1 amide bonds. The molecular weight excluding hydrogens is 535 g/mol. The first-order valence-electron chi connectivity index (χ1n) is 14.0. The molecule has 3 aromatic carbocycles. The number of carbonyl (C=O) groups is 1. The van der Waals surface area contributed by atoms with E-state index in [1.54, 1.807) is 13.1 Å². The van der Waals surface area contributed by atoms with Gasteiger partial charge in [0.25, 0.3) is 11.5 Å². The first-order chi connectivity index (χ1) is 20.2. The lowest BCUT2D eigenvalue weighted by Gasteiger charge is -2.20. The van der Waals surface area contributed by atoms with Crippen LogP contribution in [0.1, 0.15) is 46.3 Å². The summed E-state index contributed by atoms with van der Waals surface area (Å²) in [7, 11) is 3.07. The summed E-state index contributed by atoms with van der Waals surface area (Å²) in [6.07, 6.45) is 4.77. The molecule has 0 bridgehead atoms. The third-order valence-electron chi connectivity index (χ3n) is 8.15. The number of aliphatic hydroxyl groups is 1. The third-order valence-corrected chi connectivity index (χ3v) is 8.15. The minimum atomic E-state index is -0.533. The van der Waals surface area contributed by atoms with Gasteiger partial charge in [0.1, 0.15) is 17.1 Å². The minimum Gasteiger partial charge on any atom is -0.496 e. The van der Waals surface area contributed by atoms with Gasteiger partial charge >= 0.3 is 0 Å². The number of ether oxygens (including phenoxy) is 1. The van der Waals surface area contributed by atoms with Crippen molar-refractivity contribution in [2.75, 3.05) is 12.4 Å². The number of rotatable bonds is 8. The summed E-state index contributed by atoms with van der Waals surface area (Å²) in [6.45, 7) is 4.15. The van der Waals surface area contributed by atoms with Gasteiger partial charge in [-0.15, -0.1) is 0 Å². The number of halogens is 1. The Kier molecular flexibility index (Phi) is 8.51. The van der Waals surface area contributed by atoms with Crippen LogP contribution in [0.15, 0.2) is 65.8 Å². The van der Waals surface area contributed by atoms with E-state index in [9.17, 15) is 14.7 Å². The van der Waals surface area contributed by atoms with Crippen LogP contribution in [0.4, 0.5) is 10.1 Å². The summed E-state index contributed by atoms with van der Waals surface area (Å²) in [6, 6.07) is 14.8. The number of aromatic nitrogens is 2. The van der Waals surface area contributed by atoms with Gasteiger partial charge in [0, 0.05) is 37.1 Å². The van der Waals surface area contributed by atoms with Crippen LogP contribution < -0.4 is 20.9 Å². The molecular formula is C33H35FN4O4. The zero-order valence-electron chi connectivity index (χ0n) is 24.2. The molecule has 3 N–H and O–H groups in total. The van der Waals surface area contributed by atoms with Crippen LogP contribution in [0.25, 0.3) is 22.3 Å². The summed E-state index contributed by atoms with van der Waals surface area (Å²) in [4.78, 5) is 29.3. The van der Waals surface area contributed by atoms with E-state index in [0.717, 1.165) is 47.1 Å². The van der Waals surface area contributed by atoms with Gasteiger partial charge < -0.3 is 25.0 Å². The van der Waals surface area contributed by atoms with Crippen molar-refractivity contribution in [3.8, 4) is 28.0 Å². The zero-order chi connectivity index (χ0) is 30.0. The van der Waals surface area contributed by atoms with Gasteiger partial charge in [0.05, 0.1) is 19.5 Å². The van der Waals surface area contributed by atoms with E-state index in [1.165, 1.54) is 30.3 Å². The van der Waals surface area contributed by atoms with Crippen LogP contribution in [0.3, 0.4) is 0 Å². The van der Waals surface area contributed by atoms with Crippen LogP contribution in [-0.4, -0.2) is 39.8 Å². The molecule has 8 nitrogen and oxygen atoms in total. The fourth-order valence-corrected chi connectivity index (χ4v) is 5.69. The number of anilines is 1. The van der Waals surface area contributed by atoms with Crippen molar-refractivity contribution in [1.82, 2.24) is 14.9 Å². The van der Waals surface area contributed by atoms with Crippen molar-refractivity contribution in [2.24, 2.45) is 7.05 Å². The van der Waals surface area contributed by atoms with Crippen LogP contribution in [0.5, 0.6) is 5.75 Å². The zero-order valence-corrected chi connectivity index (χ0v) is 24.2. The Morgan fingerprint density at radius 2 is 1.81 bits per heavy atom. The summed E-state index contributed by atoms with van der Waals surface area (Å²) in [5.74, 6) is -0.470. The van der Waals surface area contributed by atoms with Gasteiger partial charge in [-0.3, -0.25) is 9.59 Å². The van der Waals surface area contributed by atoms with Crippen molar-refractivity contribution in [3.05, 3.63) is 99.5 Å². The van der Waals surface area contributed by atoms with E-state index >= 15 is 4.39 Å². The van der Waals surface area contributed by atoms with Crippen LogP contribution in [-0.2, 0) is 13.6 Å². The van der Waals surface area contributed by atoms with Crippen LogP contribution in [0, 0.1) is 19.7 Å². The molecule has 0 unspecified atom stereocenters. The van der Waals surface area contributed by atoms with Crippen molar-refractivity contribution < 1.29 is 19.0 Å². The lowest BCUT2D eigenvalue weighted by molar-refractivity contribution is 0.102. The van der Waals surface area contributed by atoms with Crippen LogP contribution >= 0.6 is 0 Å². The average Bonchev–Trinajstić information content (AvgIpc) is 3.39. The van der Waals surface area contributed by atoms with Crippen molar-refractivity contribution in [1.29, 1.82) is 0 Å².